The minimum atomic E-state index is -3.05. The third-order valence-corrected chi connectivity index (χ3v) is 5.79. The number of nitrogens with zero attached hydrogens (tertiary/aromatic N) is 4. The van der Waals surface area contributed by atoms with Gasteiger partial charge in [-0.25, -0.2) is 23.7 Å². The molecule has 1 N–H and O–H groups in total. The van der Waals surface area contributed by atoms with Crippen molar-refractivity contribution in [2.75, 3.05) is 11.4 Å². The van der Waals surface area contributed by atoms with E-state index >= 15 is 0 Å². The Bertz CT molecular complexity index is 999. The summed E-state index contributed by atoms with van der Waals surface area (Å²) in [7, 11) is 0. The van der Waals surface area contributed by atoms with Crippen LogP contribution in [0, 0.1) is 19.3 Å². The smallest absolute Gasteiger partial charge is 0.270 e. The monoisotopic (exact) mass is 415 g/mol. The molecule has 0 bridgehead atoms. The fraction of sp³-hybridized carbons (Fsp3) is 0.476. The van der Waals surface area contributed by atoms with Crippen LogP contribution in [-0.4, -0.2) is 45.3 Å². The van der Waals surface area contributed by atoms with Gasteiger partial charge in [-0.3, -0.25) is 14.5 Å². The van der Waals surface area contributed by atoms with Crippen LogP contribution in [0.25, 0.3) is 0 Å². The van der Waals surface area contributed by atoms with Crippen molar-refractivity contribution < 1.29 is 18.4 Å². The standard InChI is InChI=1S/C21H23F2N5O2/c1-13-4-3-5-16(25-13)18(29)27-15-10-20(12-21(22,23)11-15)7-9-28(19(20)30)17-6-8-24-14(2)26-17/h3-6,8,15H,7,9-12H2,1-2H3,(H,27,29). The average Bonchev–Trinajstić information content (AvgIpc) is 2.95. The topological polar surface area (TPSA) is 88.1 Å². The molecule has 1 saturated carbocycles. The predicted molar refractivity (Wildman–Crippen MR) is 105 cm³/mol. The molecule has 2 aliphatic rings. The van der Waals surface area contributed by atoms with E-state index in [-0.39, 0.29) is 18.0 Å². The van der Waals surface area contributed by atoms with Gasteiger partial charge in [0.15, 0.2) is 0 Å². The molecule has 30 heavy (non-hydrogen) atoms. The maximum absolute atomic E-state index is 14.7. The average molecular weight is 415 g/mol. The highest BCUT2D eigenvalue weighted by molar-refractivity contribution is 5.99. The van der Waals surface area contributed by atoms with Crippen LogP contribution in [0.1, 0.15) is 47.7 Å². The van der Waals surface area contributed by atoms with Crippen molar-refractivity contribution >= 4 is 17.6 Å². The number of hydrogen-bond donors (Lipinski definition) is 1. The molecule has 2 aromatic heterocycles. The van der Waals surface area contributed by atoms with Crippen molar-refractivity contribution in [2.24, 2.45) is 5.41 Å². The van der Waals surface area contributed by atoms with Crippen LogP contribution in [-0.2, 0) is 4.79 Å². The number of aryl methyl sites for hydroxylation is 2. The number of amides is 2. The lowest BCUT2D eigenvalue weighted by Crippen LogP contribution is -2.52. The number of carbonyl (C=O) groups is 2. The first-order valence-corrected chi connectivity index (χ1v) is 9.91. The van der Waals surface area contributed by atoms with Crippen molar-refractivity contribution in [3.63, 3.8) is 0 Å². The van der Waals surface area contributed by atoms with E-state index in [1.54, 1.807) is 44.3 Å². The van der Waals surface area contributed by atoms with Gasteiger partial charge < -0.3 is 5.32 Å². The summed E-state index contributed by atoms with van der Waals surface area (Å²) >= 11 is 0. The molecule has 158 valence electrons. The minimum absolute atomic E-state index is 0.166. The van der Waals surface area contributed by atoms with Gasteiger partial charge in [-0.2, -0.15) is 0 Å². The summed E-state index contributed by atoms with van der Waals surface area (Å²) in [6.45, 7) is 3.77. The molecule has 2 aromatic rings. The number of aromatic nitrogens is 3. The number of hydrogen-bond acceptors (Lipinski definition) is 5. The Balaban J connectivity index is 1.55. The summed E-state index contributed by atoms with van der Waals surface area (Å²) in [4.78, 5) is 39.7. The lowest BCUT2D eigenvalue weighted by atomic mass is 9.69. The van der Waals surface area contributed by atoms with Gasteiger partial charge in [0.1, 0.15) is 17.3 Å². The van der Waals surface area contributed by atoms with Crippen LogP contribution >= 0.6 is 0 Å². The van der Waals surface area contributed by atoms with E-state index in [0.717, 1.165) is 0 Å². The van der Waals surface area contributed by atoms with Crippen molar-refractivity contribution in [3.05, 3.63) is 47.7 Å². The SMILES string of the molecule is Cc1cccc(C(=O)NC2CC(F)(F)CC3(CCN(c4ccnc(C)n4)C3=O)C2)n1. The molecule has 2 fully saturated rings. The zero-order valence-electron chi connectivity index (χ0n) is 16.9. The number of alkyl halides is 2. The largest absolute Gasteiger partial charge is 0.348 e. The van der Waals surface area contributed by atoms with Crippen molar-refractivity contribution in [1.29, 1.82) is 0 Å². The Hall–Kier alpha value is -2.97. The molecule has 2 unspecified atom stereocenters. The van der Waals surface area contributed by atoms with E-state index in [0.29, 0.717) is 30.3 Å². The van der Waals surface area contributed by atoms with Crippen molar-refractivity contribution in [1.82, 2.24) is 20.3 Å². The van der Waals surface area contributed by atoms with E-state index in [2.05, 4.69) is 20.3 Å². The normalized spacial score (nSPS) is 25.5. The van der Waals surface area contributed by atoms with Crippen LogP contribution in [0.4, 0.5) is 14.6 Å². The summed E-state index contributed by atoms with van der Waals surface area (Å²) in [6, 6.07) is 5.77. The molecule has 1 aliphatic heterocycles. The molecule has 0 aromatic carbocycles. The molecule has 2 atom stereocenters. The number of carbonyl (C=O) groups excluding carboxylic acids is 2. The highest BCUT2D eigenvalue weighted by Gasteiger charge is 2.57. The molecular weight excluding hydrogens is 392 g/mol. The van der Waals surface area contributed by atoms with Gasteiger partial charge >= 0.3 is 0 Å². The minimum Gasteiger partial charge on any atom is -0.348 e. The number of halogens is 2. The van der Waals surface area contributed by atoms with Gasteiger partial charge in [0, 0.05) is 37.3 Å². The van der Waals surface area contributed by atoms with Gasteiger partial charge in [0.2, 0.25) is 5.91 Å². The van der Waals surface area contributed by atoms with E-state index in [1.807, 2.05) is 0 Å². The molecular formula is C21H23F2N5O2. The highest BCUT2D eigenvalue weighted by Crippen LogP contribution is 2.51. The van der Waals surface area contributed by atoms with Crippen molar-refractivity contribution in [2.45, 2.75) is 51.5 Å². The summed E-state index contributed by atoms with van der Waals surface area (Å²) in [5.74, 6) is -3.00. The zero-order chi connectivity index (χ0) is 21.5. The molecule has 1 saturated heterocycles. The molecule has 1 aliphatic carbocycles. The van der Waals surface area contributed by atoms with E-state index < -0.39 is 36.1 Å². The Morgan fingerprint density at radius 3 is 2.73 bits per heavy atom. The predicted octanol–water partition coefficient (Wildman–Crippen LogP) is 2.83. The van der Waals surface area contributed by atoms with Gasteiger partial charge in [0.25, 0.3) is 11.8 Å². The molecule has 0 radical (unpaired) electrons. The Morgan fingerprint density at radius 2 is 2.00 bits per heavy atom. The third kappa shape index (κ3) is 3.88. The second kappa shape index (κ2) is 7.37. The van der Waals surface area contributed by atoms with E-state index in [4.69, 9.17) is 0 Å². The maximum Gasteiger partial charge on any atom is 0.270 e. The Kier molecular flexibility index (Phi) is 4.99. The second-order valence-corrected chi connectivity index (χ2v) is 8.22. The van der Waals surface area contributed by atoms with Gasteiger partial charge in [-0.1, -0.05) is 6.07 Å². The first-order chi connectivity index (χ1) is 14.2. The number of anilines is 1. The highest BCUT2D eigenvalue weighted by atomic mass is 19.3. The first kappa shape index (κ1) is 20.3. The Morgan fingerprint density at radius 1 is 1.20 bits per heavy atom. The van der Waals surface area contributed by atoms with E-state index in [9.17, 15) is 18.4 Å². The summed E-state index contributed by atoms with van der Waals surface area (Å²) < 4.78 is 29.3. The molecule has 7 nitrogen and oxygen atoms in total. The molecule has 2 amide bonds. The van der Waals surface area contributed by atoms with E-state index in [1.165, 1.54) is 4.90 Å². The number of pyridine rings is 1. The van der Waals surface area contributed by atoms with Crippen LogP contribution in [0.15, 0.2) is 30.5 Å². The molecule has 3 heterocycles. The second-order valence-electron chi connectivity index (χ2n) is 8.22. The van der Waals surface area contributed by atoms with Gasteiger partial charge in [-0.05, 0) is 44.9 Å². The lowest BCUT2D eigenvalue weighted by Gasteiger charge is -2.40. The van der Waals surface area contributed by atoms with Gasteiger partial charge in [0.05, 0.1) is 5.41 Å². The van der Waals surface area contributed by atoms with Gasteiger partial charge in [-0.15, -0.1) is 0 Å². The summed E-state index contributed by atoms with van der Waals surface area (Å²) in [6.07, 6.45) is 0.989. The summed E-state index contributed by atoms with van der Waals surface area (Å²) in [5.41, 5.74) is -0.387. The van der Waals surface area contributed by atoms with Crippen LogP contribution in [0.2, 0.25) is 0 Å². The molecule has 9 heteroatoms. The zero-order valence-corrected chi connectivity index (χ0v) is 16.9. The van der Waals surface area contributed by atoms with Crippen LogP contribution in [0.3, 0.4) is 0 Å². The quantitative estimate of drug-likeness (QED) is 0.833. The summed E-state index contributed by atoms with van der Waals surface area (Å²) in [5, 5.41) is 2.68. The van der Waals surface area contributed by atoms with Crippen LogP contribution in [0.5, 0.6) is 0 Å². The molecule has 1 spiro atoms. The maximum atomic E-state index is 14.7. The molecule has 4 rings (SSSR count). The number of rotatable bonds is 3. The number of nitrogens with one attached hydrogen (secondary N) is 1. The third-order valence-electron chi connectivity index (χ3n) is 5.79. The van der Waals surface area contributed by atoms with Crippen LogP contribution < -0.4 is 10.2 Å². The first-order valence-electron chi connectivity index (χ1n) is 9.91. The fourth-order valence-corrected chi connectivity index (χ4v) is 4.56. The van der Waals surface area contributed by atoms with Crippen molar-refractivity contribution in [3.8, 4) is 0 Å². The fourth-order valence-electron chi connectivity index (χ4n) is 4.56. The Labute approximate surface area is 172 Å². The lowest BCUT2D eigenvalue weighted by molar-refractivity contribution is -0.140.